The molecule has 0 aromatic heterocycles. The highest BCUT2D eigenvalue weighted by atomic mass is 79.9. The van der Waals surface area contributed by atoms with Crippen molar-refractivity contribution in [3.63, 3.8) is 0 Å². The van der Waals surface area contributed by atoms with Gasteiger partial charge in [-0.05, 0) is 53.2 Å². The lowest BCUT2D eigenvalue weighted by molar-refractivity contribution is 0.281. The highest BCUT2D eigenvalue weighted by molar-refractivity contribution is 9.10. The number of aryl methyl sites for hydroxylation is 1. The van der Waals surface area contributed by atoms with E-state index >= 15 is 0 Å². The van der Waals surface area contributed by atoms with Crippen LogP contribution >= 0.6 is 27.7 Å². The maximum atomic E-state index is 12.3. The predicted octanol–water partition coefficient (Wildman–Crippen LogP) is 2.28. The summed E-state index contributed by atoms with van der Waals surface area (Å²) in [5, 5.41) is 9.18. The Labute approximate surface area is 127 Å². The largest absolute Gasteiger partial charge is 0.392 e. The van der Waals surface area contributed by atoms with Crippen molar-refractivity contribution < 1.29 is 13.5 Å². The third kappa shape index (κ3) is 4.46. The summed E-state index contributed by atoms with van der Waals surface area (Å²) in [6.07, 6.45) is 1.93. The van der Waals surface area contributed by atoms with Gasteiger partial charge >= 0.3 is 0 Å². The molecule has 0 aliphatic rings. The summed E-state index contributed by atoms with van der Waals surface area (Å²) < 4.78 is 27.8. The normalized spacial score (nSPS) is 13.5. The van der Waals surface area contributed by atoms with Crippen LogP contribution in [0.15, 0.2) is 21.5 Å². The number of hydrogen-bond donors (Lipinski definition) is 2. The molecule has 0 spiro atoms. The Morgan fingerprint density at radius 3 is 2.63 bits per heavy atom. The fraction of sp³-hybridized carbons (Fsp3) is 0.500. The van der Waals surface area contributed by atoms with Crippen LogP contribution in [-0.4, -0.2) is 31.6 Å². The summed E-state index contributed by atoms with van der Waals surface area (Å²) in [5.74, 6) is 0.704. The lowest BCUT2D eigenvalue weighted by atomic mass is 10.1. The van der Waals surface area contributed by atoms with Crippen molar-refractivity contribution in [1.29, 1.82) is 0 Å². The van der Waals surface area contributed by atoms with Crippen LogP contribution in [0.5, 0.6) is 0 Å². The van der Waals surface area contributed by atoms with Crippen molar-refractivity contribution in [2.45, 2.75) is 31.4 Å². The molecule has 0 aliphatic carbocycles. The second-order valence-electron chi connectivity index (χ2n) is 4.36. The van der Waals surface area contributed by atoms with E-state index in [-0.39, 0.29) is 17.5 Å². The molecule has 1 aromatic carbocycles. The van der Waals surface area contributed by atoms with Crippen LogP contribution in [0.2, 0.25) is 0 Å². The van der Waals surface area contributed by atoms with Gasteiger partial charge in [-0.25, -0.2) is 13.1 Å². The van der Waals surface area contributed by atoms with E-state index in [4.69, 9.17) is 0 Å². The summed E-state index contributed by atoms with van der Waals surface area (Å²) >= 11 is 4.88. The van der Waals surface area contributed by atoms with Gasteiger partial charge in [-0.1, -0.05) is 6.07 Å². The monoisotopic (exact) mass is 367 g/mol. The Kier molecular flexibility index (Phi) is 6.32. The van der Waals surface area contributed by atoms with Crippen molar-refractivity contribution in [3.05, 3.63) is 27.7 Å². The van der Waals surface area contributed by atoms with Crippen molar-refractivity contribution in [2.24, 2.45) is 0 Å². The van der Waals surface area contributed by atoms with Crippen molar-refractivity contribution >= 4 is 37.7 Å². The van der Waals surface area contributed by atoms with E-state index in [0.29, 0.717) is 15.8 Å². The maximum absolute atomic E-state index is 12.3. The van der Waals surface area contributed by atoms with E-state index in [9.17, 15) is 13.5 Å². The molecule has 0 saturated heterocycles. The fourth-order valence-corrected chi connectivity index (χ4v) is 4.71. The lowest BCUT2D eigenvalue weighted by Gasteiger charge is -2.15. The molecule has 0 bridgehead atoms. The molecule has 0 saturated carbocycles. The first-order valence-corrected chi connectivity index (χ1v) is 9.40. The molecule has 1 atom stereocenters. The van der Waals surface area contributed by atoms with E-state index in [2.05, 4.69) is 20.7 Å². The quantitative estimate of drug-likeness (QED) is 0.809. The zero-order chi connectivity index (χ0) is 14.6. The molecule has 1 unspecified atom stereocenters. The first kappa shape index (κ1) is 17.0. The third-order valence-corrected chi connectivity index (χ3v) is 6.29. The molecule has 2 N–H and O–H groups in total. The standard InChI is InChI=1S/C12H18BrNO3S2/c1-8-4-10(6-15)5-11(12(8)13)19(16,17)14-9(2)7-18-3/h4-5,9,14-15H,6-7H2,1-3H3. The van der Waals surface area contributed by atoms with Crippen LogP contribution in [0.4, 0.5) is 0 Å². The number of sulfonamides is 1. The summed E-state index contributed by atoms with van der Waals surface area (Å²) in [5.41, 5.74) is 1.36. The Balaban J connectivity index is 3.17. The predicted molar refractivity (Wildman–Crippen MR) is 83.0 cm³/mol. The molecule has 0 fully saturated rings. The number of halogens is 1. The van der Waals surface area contributed by atoms with Gasteiger partial charge in [0, 0.05) is 16.3 Å². The fourth-order valence-electron chi connectivity index (χ4n) is 1.71. The van der Waals surface area contributed by atoms with Crippen molar-refractivity contribution in [1.82, 2.24) is 4.72 Å². The first-order chi connectivity index (χ1) is 8.81. The minimum atomic E-state index is -3.59. The second kappa shape index (κ2) is 7.08. The van der Waals surface area contributed by atoms with E-state index in [0.717, 1.165) is 5.56 Å². The van der Waals surface area contributed by atoms with Gasteiger partial charge in [-0.2, -0.15) is 11.8 Å². The Morgan fingerprint density at radius 2 is 2.11 bits per heavy atom. The second-order valence-corrected chi connectivity index (χ2v) is 7.75. The molecule has 1 rings (SSSR count). The molecule has 19 heavy (non-hydrogen) atoms. The zero-order valence-corrected chi connectivity index (χ0v) is 14.3. The number of benzene rings is 1. The molecule has 0 amide bonds. The van der Waals surface area contributed by atoms with E-state index in [1.165, 1.54) is 6.07 Å². The van der Waals surface area contributed by atoms with Crippen molar-refractivity contribution in [3.8, 4) is 0 Å². The van der Waals surface area contributed by atoms with Gasteiger partial charge in [0.1, 0.15) is 0 Å². The summed E-state index contributed by atoms with van der Waals surface area (Å²) in [4.78, 5) is 0.171. The molecule has 108 valence electrons. The van der Waals surface area contributed by atoms with Gasteiger partial charge in [0.15, 0.2) is 0 Å². The van der Waals surface area contributed by atoms with Gasteiger partial charge < -0.3 is 5.11 Å². The minimum absolute atomic E-state index is 0.148. The van der Waals surface area contributed by atoms with Gasteiger partial charge in [-0.3, -0.25) is 0 Å². The maximum Gasteiger partial charge on any atom is 0.241 e. The summed E-state index contributed by atoms with van der Waals surface area (Å²) in [6, 6.07) is 3.10. The van der Waals surface area contributed by atoms with Crippen LogP contribution in [0.1, 0.15) is 18.1 Å². The SMILES string of the molecule is CSCC(C)NS(=O)(=O)c1cc(CO)cc(C)c1Br. The smallest absolute Gasteiger partial charge is 0.241 e. The Morgan fingerprint density at radius 1 is 1.47 bits per heavy atom. The Hall–Kier alpha value is -0.0800. The highest BCUT2D eigenvalue weighted by Gasteiger charge is 2.21. The number of thioether (sulfide) groups is 1. The van der Waals surface area contributed by atoms with Gasteiger partial charge in [0.25, 0.3) is 0 Å². The van der Waals surface area contributed by atoms with Crippen LogP contribution in [0.3, 0.4) is 0 Å². The number of aliphatic hydroxyl groups excluding tert-OH is 1. The number of aliphatic hydroxyl groups is 1. The van der Waals surface area contributed by atoms with Crippen LogP contribution in [0.25, 0.3) is 0 Å². The van der Waals surface area contributed by atoms with E-state index in [1.54, 1.807) is 24.8 Å². The first-order valence-electron chi connectivity index (χ1n) is 5.73. The third-order valence-electron chi connectivity index (χ3n) is 2.53. The summed E-state index contributed by atoms with van der Waals surface area (Å²) in [6.45, 7) is 3.44. The zero-order valence-electron chi connectivity index (χ0n) is 11.1. The molecule has 0 aliphatic heterocycles. The molecule has 4 nitrogen and oxygen atoms in total. The van der Waals surface area contributed by atoms with Crippen LogP contribution in [0, 0.1) is 6.92 Å². The molecule has 1 aromatic rings. The van der Waals surface area contributed by atoms with Crippen LogP contribution in [-0.2, 0) is 16.6 Å². The average molecular weight is 368 g/mol. The number of nitrogens with one attached hydrogen (secondary N) is 1. The van der Waals surface area contributed by atoms with Gasteiger partial charge in [0.05, 0.1) is 11.5 Å². The van der Waals surface area contributed by atoms with E-state index < -0.39 is 10.0 Å². The van der Waals surface area contributed by atoms with Gasteiger partial charge in [-0.15, -0.1) is 0 Å². The van der Waals surface area contributed by atoms with Gasteiger partial charge in [0.2, 0.25) is 10.0 Å². The topological polar surface area (TPSA) is 66.4 Å². The lowest BCUT2D eigenvalue weighted by Crippen LogP contribution is -2.34. The van der Waals surface area contributed by atoms with Crippen molar-refractivity contribution in [2.75, 3.05) is 12.0 Å². The average Bonchev–Trinajstić information content (AvgIpc) is 2.31. The van der Waals surface area contributed by atoms with Crippen LogP contribution < -0.4 is 4.72 Å². The molecule has 0 radical (unpaired) electrons. The molecule has 0 heterocycles. The van der Waals surface area contributed by atoms with E-state index in [1.807, 2.05) is 13.2 Å². The number of hydrogen-bond acceptors (Lipinski definition) is 4. The minimum Gasteiger partial charge on any atom is -0.392 e. The summed E-state index contributed by atoms with van der Waals surface area (Å²) in [7, 11) is -3.59. The molecular weight excluding hydrogens is 350 g/mol. The molecule has 7 heteroatoms. The number of rotatable bonds is 6. The highest BCUT2D eigenvalue weighted by Crippen LogP contribution is 2.27. The molecular formula is C12H18BrNO3S2. The Bertz CT molecular complexity index is 546.